The van der Waals surface area contributed by atoms with E-state index in [-0.39, 0.29) is 5.75 Å². The molecule has 4 nitrogen and oxygen atoms in total. The molecule has 0 amide bonds. The predicted molar refractivity (Wildman–Crippen MR) is 62.6 cm³/mol. The first kappa shape index (κ1) is 14.9. The Bertz CT molecular complexity index is 239. The summed E-state index contributed by atoms with van der Waals surface area (Å²) < 4.78 is 29.4. The summed E-state index contributed by atoms with van der Waals surface area (Å²) in [6.45, 7) is 5.48. The zero-order chi connectivity index (χ0) is 11.7. The van der Waals surface area contributed by atoms with E-state index in [1.165, 1.54) is 19.3 Å². The van der Waals surface area contributed by atoms with Gasteiger partial charge in [-0.2, -0.15) is 8.42 Å². The molecule has 0 aliphatic heterocycles. The molecule has 92 valence electrons. The van der Waals surface area contributed by atoms with Crippen molar-refractivity contribution in [1.29, 1.82) is 0 Å². The van der Waals surface area contributed by atoms with Crippen LogP contribution in [0.5, 0.6) is 0 Å². The van der Waals surface area contributed by atoms with Gasteiger partial charge in [-0.1, -0.05) is 33.1 Å². The molecule has 0 rings (SSSR count). The molecule has 15 heavy (non-hydrogen) atoms. The molecule has 2 N–H and O–H groups in total. The van der Waals surface area contributed by atoms with Crippen LogP contribution in [0.15, 0.2) is 0 Å². The van der Waals surface area contributed by atoms with Gasteiger partial charge in [0, 0.05) is 6.54 Å². The molecule has 0 radical (unpaired) electrons. The van der Waals surface area contributed by atoms with Crippen LogP contribution in [-0.2, 0) is 10.1 Å². The van der Waals surface area contributed by atoms with E-state index in [1.54, 1.807) is 0 Å². The third-order valence-corrected chi connectivity index (χ3v) is 3.23. The molecule has 0 aliphatic carbocycles. The van der Waals surface area contributed by atoms with Gasteiger partial charge in [-0.15, -0.1) is 0 Å². The van der Waals surface area contributed by atoms with E-state index in [9.17, 15) is 8.42 Å². The smallest absolute Gasteiger partial charge is 0.266 e. The molecular weight excluding hydrogens is 214 g/mol. The zero-order valence-electron chi connectivity index (χ0n) is 9.70. The molecule has 0 aliphatic rings. The molecule has 0 spiro atoms. The third kappa shape index (κ3) is 10.2. The monoisotopic (exact) mass is 237 g/mol. The van der Waals surface area contributed by atoms with Crippen LogP contribution in [0.2, 0.25) is 0 Å². The Labute approximate surface area is 93.2 Å². The van der Waals surface area contributed by atoms with Crippen molar-refractivity contribution in [1.82, 2.24) is 5.32 Å². The molecule has 0 heterocycles. The largest absolute Gasteiger partial charge is 0.315 e. The van der Waals surface area contributed by atoms with E-state index in [2.05, 4.69) is 19.2 Å². The lowest BCUT2D eigenvalue weighted by atomic mass is 9.99. The molecule has 1 atom stereocenters. The number of unbranched alkanes of at least 4 members (excludes halogenated alkanes) is 1. The second kappa shape index (κ2) is 8.07. The van der Waals surface area contributed by atoms with Gasteiger partial charge in [0.15, 0.2) is 0 Å². The maximum atomic E-state index is 10.4. The average Bonchev–Trinajstić information content (AvgIpc) is 2.15. The van der Waals surface area contributed by atoms with Gasteiger partial charge < -0.3 is 5.32 Å². The van der Waals surface area contributed by atoms with Crippen molar-refractivity contribution in [2.24, 2.45) is 5.92 Å². The van der Waals surface area contributed by atoms with Gasteiger partial charge in [-0.3, -0.25) is 4.55 Å². The van der Waals surface area contributed by atoms with Crippen molar-refractivity contribution in [2.45, 2.75) is 39.5 Å². The Morgan fingerprint density at radius 1 is 1.33 bits per heavy atom. The molecule has 0 bridgehead atoms. The van der Waals surface area contributed by atoms with Gasteiger partial charge in [0.1, 0.15) is 0 Å². The van der Waals surface area contributed by atoms with Crippen LogP contribution in [-0.4, -0.2) is 31.8 Å². The lowest BCUT2D eigenvalue weighted by Crippen LogP contribution is -2.27. The Kier molecular flexibility index (Phi) is 8.00. The van der Waals surface area contributed by atoms with Crippen molar-refractivity contribution < 1.29 is 13.0 Å². The second-order valence-electron chi connectivity index (χ2n) is 3.91. The van der Waals surface area contributed by atoms with Crippen molar-refractivity contribution in [2.75, 3.05) is 18.8 Å². The van der Waals surface area contributed by atoms with Gasteiger partial charge in [0.25, 0.3) is 10.1 Å². The Morgan fingerprint density at radius 3 is 2.47 bits per heavy atom. The average molecular weight is 237 g/mol. The van der Waals surface area contributed by atoms with E-state index in [0.717, 1.165) is 13.0 Å². The van der Waals surface area contributed by atoms with Crippen molar-refractivity contribution in [3.63, 3.8) is 0 Å². The minimum absolute atomic E-state index is 0.197. The summed E-state index contributed by atoms with van der Waals surface area (Å²) in [6, 6.07) is 0. The highest BCUT2D eigenvalue weighted by Crippen LogP contribution is 2.10. The summed E-state index contributed by atoms with van der Waals surface area (Å²) in [6.07, 6.45) is 4.71. The summed E-state index contributed by atoms with van der Waals surface area (Å²) in [5.41, 5.74) is 0. The first-order chi connectivity index (χ1) is 6.99. The molecule has 0 fully saturated rings. The van der Waals surface area contributed by atoms with Crippen molar-refractivity contribution in [3.05, 3.63) is 0 Å². The number of rotatable bonds is 9. The number of hydrogen-bond acceptors (Lipinski definition) is 3. The SMILES string of the molecule is CCCC[C@@H](CC)CNCCS(=O)(=O)O. The Balaban J connectivity index is 3.54. The van der Waals surface area contributed by atoms with Gasteiger partial charge in [0.2, 0.25) is 0 Å². The van der Waals surface area contributed by atoms with Gasteiger partial charge in [-0.05, 0) is 18.9 Å². The van der Waals surface area contributed by atoms with Crippen LogP contribution in [0.1, 0.15) is 39.5 Å². The molecule has 0 aromatic carbocycles. The van der Waals surface area contributed by atoms with Crippen LogP contribution < -0.4 is 5.32 Å². The fraction of sp³-hybridized carbons (Fsp3) is 1.00. The minimum Gasteiger partial charge on any atom is -0.315 e. The first-order valence-corrected chi connectivity index (χ1v) is 7.26. The third-order valence-electron chi connectivity index (χ3n) is 2.51. The topological polar surface area (TPSA) is 66.4 Å². The standard InChI is InChI=1S/C10H23NO3S/c1-3-5-6-10(4-2)9-11-7-8-15(12,13)14/h10-11H,3-9H2,1-2H3,(H,12,13,14)/t10-/m1/s1. The summed E-state index contributed by atoms with van der Waals surface area (Å²) in [7, 11) is -3.81. The van der Waals surface area contributed by atoms with Crippen LogP contribution >= 0.6 is 0 Å². The summed E-state index contributed by atoms with van der Waals surface area (Å²) in [4.78, 5) is 0. The molecule has 0 aromatic heterocycles. The van der Waals surface area contributed by atoms with Crippen LogP contribution in [0.3, 0.4) is 0 Å². The quantitative estimate of drug-likeness (QED) is 0.473. The van der Waals surface area contributed by atoms with Crippen LogP contribution in [0, 0.1) is 5.92 Å². The summed E-state index contributed by atoms with van der Waals surface area (Å²) in [5, 5.41) is 3.06. The van der Waals surface area contributed by atoms with E-state index in [4.69, 9.17) is 4.55 Å². The molecule has 5 heteroatoms. The number of nitrogens with one attached hydrogen (secondary N) is 1. The van der Waals surface area contributed by atoms with Gasteiger partial charge in [0.05, 0.1) is 5.75 Å². The molecule has 0 saturated carbocycles. The van der Waals surface area contributed by atoms with Crippen molar-refractivity contribution >= 4 is 10.1 Å². The van der Waals surface area contributed by atoms with E-state index in [0.29, 0.717) is 12.5 Å². The van der Waals surface area contributed by atoms with Crippen LogP contribution in [0.25, 0.3) is 0 Å². The van der Waals surface area contributed by atoms with E-state index < -0.39 is 10.1 Å². The molecule has 0 saturated heterocycles. The summed E-state index contributed by atoms with van der Waals surface area (Å²) >= 11 is 0. The highest BCUT2D eigenvalue weighted by Gasteiger charge is 2.07. The van der Waals surface area contributed by atoms with Crippen molar-refractivity contribution in [3.8, 4) is 0 Å². The predicted octanol–water partition coefficient (Wildman–Crippen LogP) is 1.68. The number of hydrogen-bond donors (Lipinski definition) is 2. The lowest BCUT2D eigenvalue weighted by molar-refractivity contribution is 0.422. The zero-order valence-corrected chi connectivity index (χ0v) is 10.5. The first-order valence-electron chi connectivity index (χ1n) is 5.65. The highest BCUT2D eigenvalue weighted by atomic mass is 32.2. The Hall–Kier alpha value is -0.130. The molecule has 0 aromatic rings. The summed E-state index contributed by atoms with van der Waals surface area (Å²) in [5.74, 6) is 0.420. The minimum atomic E-state index is -3.81. The fourth-order valence-electron chi connectivity index (χ4n) is 1.45. The highest BCUT2D eigenvalue weighted by molar-refractivity contribution is 7.85. The maximum absolute atomic E-state index is 10.4. The molecule has 0 unspecified atom stereocenters. The fourth-order valence-corrected chi connectivity index (χ4v) is 1.85. The Morgan fingerprint density at radius 2 is 2.00 bits per heavy atom. The van der Waals surface area contributed by atoms with E-state index >= 15 is 0 Å². The maximum Gasteiger partial charge on any atom is 0.266 e. The van der Waals surface area contributed by atoms with Gasteiger partial charge >= 0.3 is 0 Å². The lowest BCUT2D eigenvalue weighted by Gasteiger charge is -2.14. The normalized spacial score (nSPS) is 14.1. The molecular formula is C10H23NO3S. The van der Waals surface area contributed by atoms with E-state index in [1.807, 2.05) is 0 Å². The van der Waals surface area contributed by atoms with Gasteiger partial charge in [-0.25, -0.2) is 0 Å². The second-order valence-corrected chi connectivity index (χ2v) is 5.48. The van der Waals surface area contributed by atoms with Crippen LogP contribution in [0.4, 0.5) is 0 Å².